The molecule has 1 rings (SSSR count). The fourth-order valence-electron chi connectivity index (χ4n) is 0.757. The van der Waals surface area contributed by atoms with E-state index in [1.807, 2.05) is 6.07 Å². The number of rotatable bonds is 1. The number of benzene rings is 1. The quantitative estimate of drug-likeness (QED) is 0.568. The van der Waals surface area contributed by atoms with Crippen LogP contribution in [0.15, 0.2) is 30.3 Å². The van der Waals surface area contributed by atoms with Gasteiger partial charge in [-0.25, -0.2) is 0 Å². The van der Waals surface area contributed by atoms with Crippen LogP contribution in [-0.4, -0.2) is 0 Å². The molecule has 0 heterocycles. The topological polar surface area (TPSA) is 12.0 Å². The molecule has 1 aromatic carbocycles. The third-order valence-electron chi connectivity index (χ3n) is 1.33. The predicted molar refractivity (Wildman–Crippen MR) is 59.4 cm³/mol. The van der Waals surface area contributed by atoms with Gasteiger partial charge in [0.25, 0.3) is 0 Å². The lowest BCUT2D eigenvalue weighted by Crippen LogP contribution is -1.79. The minimum atomic E-state index is 0.575. The van der Waals surface area contributed by atoms with E-state index < -0.39 is 0 Å². The molecule has 1 unspecified atom stereocenters. The lowest BCUT2D eigenvalue weighted by atomic mass is 10.2. The molecule has 0 saturated carbocycles. The van der Waals surface area contributed by atoms with Gasteiger partial charge in [-0.15, -0.1) is 13.6 Å². The Balaban J connectivity index is 0.000000354. The molecule has 0 spiro atoms. The van der Waals surface area contributed by atoms with Crippen LogP contribution in [0.1, 0.15) is 18.1 Å². The van der Waals surface area contributed by atoms with Crippen LogP contribution in [0.4, 0.5) is 0 Å². The summed E-state index contributed by atoms with van der Waals surface area (Å²) in [6.45, 7) is 2.17. The summed E-state index contributed by atoms with van der Waals surface area (Å²) in [7, 11) is 2.77. The summed E-state index contributed by atoms with van der Waals surface area (Å²) in [5, 5.41) is 0. The van der Waals surface area contributed by atoms with Gasteiger partial charge < -0.3 is 0 Å². The van der Waals surface area contributed by atoms with Gasteiger partial charge in [0, 0.05) is 0 Å². The molecule has 0 amide bonds. The van der Waals surface area contributed by atoms with E-state index in [1.54, 1.807) is 4.35 Å². The molecule has 0 radical (unpaired) electrons. The van der Waals surface area contributed by atoms with Crippen LogP contribution in [0.5, 0.6) is 0 Å². The van der Waals surface area contributed by atoms with E-state index in [0.717, 1.165) is 0 Å². The van der Waals surface area contributed by atoms with Gasteiger partial charge in [-0.1, -0.05) is 37.3 Å². The summed E-state index contributed by atoms with van der Waals surface area (Å²) in [5.74, 6) is 0. The zero-order chi connectivity index (χ0) is 9.40. The molecule has 0 aliphatic rings. The number of nitrogens with one attached hydrogen (secondary N) is 1. The Kier molecular flexibility index (Phi) is 7.94. The van der Waals surface area contributed by atoms with Crippen LogP contribution in [0.3, 0.4) is 0 Å². The molecule has 1 nitrogen and oxygen atoms in total. The van der Waals surface area contributed by atoms with Crippen molar-refractivity contribution in [2.24, 2.45) is 0 Å². The molecule has 1 N–H and O–H groups in total. The predicted octanol–water partition coefficient (Wildman–Crippen LogP) is 3.51. The average Bonchev–Trinajstić information content (AvgIpc) is 2.07. The normalized spacial score (nSPS) is 11.3. The van der Waals surface area contributed by atoms with Crippen molar-refractivity contribution < 1.29 is 0 Å². The maximum atomic E-state index is 4.51. The Morgan fingerprint density at radius 2 is 1.67 bits per heavy atom. The standard InChI is InChI=1S/C8H11P.Cl2HN/c1-7(9)8-5-3-2-4-6-8;1-3-2/h2-7H,9H2,1H3;3H/t7-;/m0./s1. The third kappa shape index (κ3) is 5.79. The van der Waals surface area contributed by atoms with E-state index in [0.29, 0.717) is 5.66 Å². The first-order valence-electron chi connectivity index (χ1n) is 3.49. The van der Waals surface area contributed by atoms with E-state index in [-0.39, 0.29) is 0 Å². The lowest BCUT2D eigenvalue weighted by Gasteiger charge is -2.01. The van der Waals surface area contributed by atoms with Gasteiger partial charge in [0.15, 0.2) is 0 Å². The van der Waals surface area contributed by atoms with Crippen LogP contribution < -0.4 is 4.35 Å². The van der Waals surface area contributed by atoms with Crippen LogP contribution in [0.25, 0.3) is 0 Å². The van der Waals surface area contributed by atoms with Gasteiger partial charge in [0.05, 0.1) is 0 Å². The van der Waals surface area contributed by atoms with Crippen molar-refractivity contribution in [1.29, 1.82) is 0 Å². The molecule has 0 saturated heterocycles. The molecular weight excluding hydrogens is 212 g/mol. The second kappa shape index (κ2) is 7.82. The Morgan fingerprint density at radius 3 is 1.92 bits per heavy atom. The number of hydrogen-bond donors (Lipinski definition) is 1. The minimum Gasteiger partial charge on any atom is -0.145 e. The molecule has 68 valence electrons. The highest BCUT2D eigenvalue weighted by Gasteiger charge is 1.93. The summed E-state index contributed by atoms with van der Waals surface area (Å²) in [4.78, 5) is 0. The molecule has 0 fully saturated rings. The molecular formula is C8H12Cl2NP. The molecule has 0 aliphatic heterocycles. The van der Waals surface area contributed by atoms with E-state index in [4.69, 9.17) is 0 Å². The third-order valence-corrected chi connectivity index (χ3v) is 1.71. The van der Waals surface area contributed by atoms with Gasteiger partial charge in [-0.2, -0.15) is 0 Å². The summed E-state index contributed by atoms with van der Waals surface area (Å²) in [6.07, 6.45) is 0. The van der Waals surface area contributed by atoms with Crippen molar-refractivity contribution in [2.75, 3.05) is 0 Å². The van der Waals surface area contributed by atoms with Crippen LogP contribution in [-0.2, 0) is 0 Å². The summed E-state index contributed by atoms with van der Waals surface area (Å²) < 4.78 is 1.69. The fourth-order valence-corrected chi connectivity index (χ4v) is 0.979. The first-order valence-corrected chi connectivity index (χ1v) is 4.91. The molecule has 2 atom stereocenters. The fraction of sp³-hybridized carbons (Fsp3) is 0.250. The lowest BCUT2D eigenvalue weighted by molar-refractivity contribution is 1.10. The molecule has 4 heteroatoms. The zero-order valence-corrected chi connectivity index (χ0v) is 9.46. The highest BCUT2D eigenvalue weighted by atomic mass is 35.5. The first-order chi connectivity index (χ1) is 5.72. The van der Waals surface area contributed by atoms with E-state index >= 15 is 0 Å². The van der Waals surface area contributed by atoms with Crippen molar-refractivity contribution in [1.82, 2.24) is 4.35 Å². The van der Waals surface area contributed by atoms with E-state index in [9.17, 15) is 0 Å². The van der Waals surface area contributed by atoms with Crippen LogP contribution in [0, 0.1) is 0 Å². The molecule has 1 aromatic rings. The SMILES string of the molecule is C[C@H](P)c1ccccc1.ClNCl. The Morgan fingerprint density at radius 1 is 1.25 bits per heavy atom. The maximum absolute atomic E-state index is 4.51. The zero-order valence-electron chi connectivity index (χ0n) is 6.80. The minimum absolute atomic E-state index is 0.575. The second-order valence-corrected chi connectivity index (χ2v) is 3.84. The van der Waals surface area contributed by atoms with Crippen LogP contribution >= 0.6 is 32.8 Å². The highest BCUT2D eigenvalue weighted by molar-refractivity contribution is 7.17. The van der Waals surface area contributed by atoms with E-state index in [1.165, 1.54) is 5.56 Å². The number of hydrogen-bond acceptors (Lipinski definition) is 1. The van der Waals surface area contributed by atoms with Crippen molar-refractivity contribution in [3.05, 3.63) is 35.9 Å². The van der Waals surface area contributed by atoms with Crippen LogP contribution in [0.2, 0.25) is 0 Å². The van der Waals surface area contributed by atoms with Crippen molar-refractivity contribution >= 4 is 32.8 Å². The monoisotopic (exact) mass is 223 g/mol. The van der Waals surface area contributed by atoms with E-state index in [2.05, 4.69) is 64.0 Å². The molecule has 12 heavy (non-hydrogen) atoms. The Bertz CT molecular complexity index is 192. The van der Waals surface area contributed by atoms with Gasteiger partial charge >= 0.3 is 0 Å². The largest absolute Gasteiger partial charge is 0.145 e. The average molecular weight is 224 g/mol. The van der Waals surface area contributed by atoms with Gasteiger partial charge in [-0.3, -0.25) is 0 Å². The highest BCUT2D eigenvalue weighted by Crippen LogP contribution is 2.20. The van der Waals surface area contributed by atoms with Crippen molar-refractivity contribution in [3.63, 3.8) is 0 Å². The smallest absolute Gasteiger partial charge is 0.00428 e. The van der Waals surface area contributed by atoms with Gasteiger partial charge in [0.2, 0.25) is 0 Å². The molecule has 0 aliphatic carbocycles. The Hall–Kier alpha value is 0.190. The van der Waals surface area contributed by atoms with Crippen molar-refractivity contribution in [3.8, 4) is 0 Å². The molecule has 0 bridgehead atoms. The van der Waals surface area contributed by atoms with Gasteiger partial charge in [0.1, 0.15) is 0 Å². The summed E-state index contributed by atoms with van der Waals surface area (Å²) >= 11 is 9.03. The summed E-state index contributed by atoms with van der Waals surface area (Å²) in [5.41, 5.74) is 1.95. The number of halogens is 2. The summed E-state index contributed by atoms with van der Waals surface area (Å²) in [6, 6.07) is 10.4. The second-order valence-electron chi connectivity index (χ2n) is 2.27. The van der Waals surface area contributed by atoms with Gasteiger partial charge in [-0.05, 0) is 34.8 Å². The Labute approximate surface area is 85.9 Å². The first kappa shape index (κ1) is 12.2. The molecule has 0 aromatic heterocycles. The van der Waals surface area contributed by atoms with Crippen molar-refractivity contribution in [2.45, 2.75) is 12.6 Å². The maximum Gasteiger partial charge on any atom is -0.00428 e.